The SMILES string of the molecule is CCCCO.CCCCO.COC(=O)C(C)O.COC(=O)C(C)O.[Ti]. The Labute approximate surface area is 166 Å². The molecule has 0 aromatic rings. The Bertz CT molecular complexity index is 231. The molecule has 0 saturated carbocycles. The fourth-order valence-electron chi connectivity index (χ4n) is 0.657. The van der Waals surface area contributed by atoms with Crippen molar-refractivity contribution in [3.8, 4) is 0 Å². The van der Waals surface area contributed by atoms with Gasteiger partial charge in [-0.15, -0.1) is 0 Å². The fourth-order valence-corrected chi connectivity index (χ4v) is 0.657. The summed E-state index contributed by atoms with van der Waals surface area (Å²) in [5.41, 5.74) is 0. The van der Waals surface area contributed by atoms with Crippen molar-refractivity contribution in [2.45, 2.75) is 65.6 Å². The third kappa shape index (κ3) is 45.2. The molecular formula is C16H36O8Ti. The first-order valence-corrected chi connectivity index (χ1v) is 7.93. The molecule has 8 nitrogen and oxygen atoms in total. The number of esters is 2. The van der Waals surface area contributed by atoms with Crippen LogP contribution in [0.25, 0.3) is 0 Å². The second-order valence-electron chi connectivity index (χ2n) is 4.55. The quantitative estimate of drug-likeness (QED) is 0.374. The second-order valence-corrected chi connectivity index (χ2v) is 4.55. The van der Waals surface area contributed by atoms with Gasteiger partial charge in [0.2, 0.25) is 0 Å². The first kappa shape index (κ1) is 35.6. The van der Waals surface area contributed by atoms with Gasteiger partial charge < -0.3 is 29.9 Å². The molecule has 0 aromatic carbocycles. The fraction of sp³-hybridized carbons (Fsp3) is 0.875. The summed E-state index contributed by atoms with van der Waals surface area (Å²) in [6.45, 7) is 7.50. The molecule has 0 aliphatic heterocycles. The molecule has 0 spiro atoms. The molecule has 0 aliphatic carbocycles. The van der Waals surface area contributed by atoms with Crippen LogP contribution in [0.5, 0.6) is 0 Å². The van der Waals surface area contributed by atoms with Crippen LogP contribution in [0.4, 0.5) is 0 Å². The van der Waals surface area contributed by atoms with Crippen molar-refractivity contribution in [2.24, 2.45) is 0 Å². The predicted octanol–water partition coefficient (Wildman–Crippen LogP) is 0.635. The Hall–Kier alpha value is -0.506. The number of rotatable bonds is 6. The molecule has 4 N–H and O–H groups in total. The van der Waals surface area contributed by atoms with E-state index in [2.05, 4.69) is 23.3 Å². The molecule has 2 atom stereocenters. The Morgan fingerprint density at radius 1 is 0.800 bits per heavy atom. The predicted molar refractivity (Wildman–Crippen MR) is 91.4 cm³/mol. The summed E-state index contributed by atoms with van der Waals surface area (Å²) in [6, 6.07) is 0. The van der Waals surface area contributed by atoms with Gasteiger partial charge in [0.1, 0.15) is 12.2 Å². The van der Waals surface area contributed by atoms with Gasteiger partial charge in [0, 0.05) is 34.9 Å². The first-order valence-electron chi connectivity index (χ1n) is 7.93. The van der Waals surface area contributed by atoms with Crippen LogP contribution in [0.3, 0.4) is 0 Å². The van der Waals surface area contributed by atoms with E-state index in [1.54, 1.807) is 0 Å². The summed E-state index contributed by atoms with van der Waals surface area (Å²) in [5, 5.41) is 32.8. The summed E-state index contributed by atoms with van der Waals surface area (Å²) in [7, 11) is 2.46. The summed E-state index contributed by atoms with van der Waals surface area (Å²) < 4.78 is 8.25. The molecule has 0 fully saturated rings. The number of unbranched alkanes of at least 4 members (excludes halogenated alkanes) is 2. The first-order chi connectivity index (χ1) is 11.2. The monoisotopic (exact) mass is 404 g/mol. The molecule has 0 rings (SSSR count). The Kier molecular flexibility index (Phi) is 44.5. The molecule has 0 aliphatic rings. The maximum atomic E-state index is 10.0. The number of aliphatic hydroxyl groups is 4. The summed E-state index contributed by atoms with van der Waals surface area (Å²) in [6.07, 6.45) is 2.09. The average Bonchev–Trinajstić information content (AvgIpc) is 2.56. The number of hydrogen-bond acceptors (Lipinski definition) is 8. The molecule has 0 heterocycles. The Balaban J connectivity index is -0.0000000711. The van der Waals surface area contributed by atoms with Crippen LogP contribution < -0.4 is 0 Å². The van der Waals surface area contributed by atoms with E-state index in [4.69, 9.17) is 20.4 Å². The van der Waals surface area contributed by atoms with Crippen molar-refractivity contribution >= 4 is 11.9 Å². The molecule has 0 saturated heterocycles. The number of ether oxygens (including phenoxy) is 2. The summed E-state index contributed by atoms with van der Waals surface area (Å²) in [4.78, 5) is 20.1. The normalized spacial score (nSPS) is 10.6. The van der Waals surface area contributed by atoms with Crippen molar-refractivity contribution in [1.82, 2.24) is 0 Å². The van der Waals surface area contributed by atoms with Gasteiger partial charge in [-0.1, -0.05) is 26.7 Å². The zero-order valence-corrected chi connectivity index (χ0v) is 17.9. The van der Waals surface area contributed by atoms with Gasteiger partial charge in [-0.05, 0) is 26.7 Å². The number of carbonyl (C=O) groups is 2. The molecule has 0 amide bonds. The number of aliphatic hydroxyl groups excluding tert-OH is 4. The van der Waals surface area contributed by atoms with Crippen LogP contribution in [0.1, 0.15) is 53.4 Å². The van der Waals surface area contributed by atoms with E-state index in [-0.39, 0.29) is 21.7 Å². The number of carbonyl (C=O) groups excluding carboxylic acids is 2. The van der Waals surface area contributed by atoms with Crippen molar-refractivity contribution < 1.29 is 61.2 Å². The number of methoxy groups -OCH3 is 2. The minimum Gasteiger partial charge on any atom is -0.467 e. The van der Waals surface area contributed by atoms with Crippen molar-refractivity contribution in [3.63, 3.8) is 0 Å². The van der Waals surface area contributed by atoms with Crippen LogP contribution in [-0.2, 0) is 40.8 Å². The summed E-state index contributed by atoms with van der Waals surface area (Å²) >= 11 is 0. The standard InChI is InChI=1S/2C4H8O3.2C4H10O.Ti/c2*1-3(5)4(6)7-2;2*1-2-3-4-5;/h2*3,5H,1-2H3;2*5H,2-4H2,1H3;. The van der Waals surface area contributed by atoms with Gasteiger partial charge >= 0.3 is 11.9 Å². The van der Waals surface area contributed by atoms with E-state index in [0.717, 1.165) is 25.7 Å². The molecule has 0 radical (unpaired) electrons. The molecule has 2 unspecified atom stereocenters. The van der Waals surface area contributed by atoms with Crippen molar-refractivity contribution in [1.29, 1.82) is 0 Å². The largest absolute Gasteiger partial charge is 0.467 e. The minimum absolute atomic E-state index is 0. The second kappa shape index (κ2) is 31.3. The third-order valence-corrected chi connectivity index (χ3v) is 2.11. The molecule has 25 heavy (non-hydrogen) atoms. The van der Waals surface area contributed by atoms with Crippen molar-refractivity contribution in [3.05, 3.63) is 0 Å². The van der Waals surface area contributed by atoms with Crippen molar-refractivity contribution in [2.75, 3.05) is 27.4 Å². The zero-order chi connectivity index (χ0) is 20.0. The molecular weight excluding hydrogens is 368 g/mol. The van der Waals surface area contributed by atoms with Gasteiger partial charge in [-0.2, -0.15) is 0 Å². The van der Waals surface area contributed by atoms with Crippen LogP contribution in [0.15, 0.2) is 0 Å². The van der Waals surface area contributed by atoms with E-state index in [1.165, 1.54) is 28.1 Å². The molecule has 9 heteroatoms. The van der Waals surface area contributed by atoms with Gasteiger partial charge in [0.25, 0.3) is 0 Å². The van der Waals surface area contributed by atoms with E-state index in [0.29, 0.717) is 13.2 Å². The Morgan fingerprint density at radius 3 is 1.04 bits per heavy atom. The average molecular weight is 404 g/mol. The number of hydrogen-bond donors (Lipinski definition) is 4. The van der Waals surface area contributed by atoms with Gasteiger partial charge in [-0.3, -0.25) is 0 Å². The van der Waals surface area contributed by atoms with Gasteiger partial charge in [0.15, 0.2) is 0 Å². The molecule has 0 aromatic heterocycles. The van der Waals surface area contributed by atoms with Crippen LogP contribution in [0.2, 0.25) is 0 Å². The maximum absolute atomic E-state index is 10.0. The van der Waals surface area contributed by atoms with Gasteiger partial charge in [-0.25, -0.2) is 9.59 Å². The van der Waals surface area contributed by atoms with Crippen LogP contribution in [0, 0.1) is 0 Å². The van der Waals surface area contributed by atoms with E-state index >= 15 is 0 Å². The topological polar surface area (TPSA) is 134 Å². The van der Waals surface area contributed by atoms with Gasteiger partial charge in [0.05, 0.1) is 14.2 Å². The summed E-state index contributed by atoms with van der Waals surface area (Å²) in [5.74, 6) is -1.19. The molecule has 152 valence electrons. The Morgan fingerprint density at radius 2 is 1.04 bits per heavy atom. The zero-order valence-electron chi connectivity index (χ0n) is 16.3. The van der Waals surface area contributed by atoms with E-state index in [9.17, 15) is 9.59 Å². The van der Waals surface area contributed by atoms with E-state index < -0.39 is 24.1 Å². The van der Waals surface area contributed by atoms with Crippen LogP contribution >= 0.6 is 0 Å². The van der Waals surface area contributed by atoms with E-state index in [1.807, 2.05) is 0 Å². The molecule has 0 bridgehead atoms. The maximum Gasteiger partial charge on any atom is 0.334 e. The third-order valence-electron chi connectivity index (χ3n) is 2.11. The minimum atomic E-state index is -0.995. The van der Waals surface area contributed by atoms with Crippen LogP contribution in [-0.4, -0.2) is 72.0 Å². The smallest absolute Gasteiger partial charge is 0.334 e.